The summed E-state index contributed by atoms with van der Waals surface area (Å²) in [7, 11) is 0. The average molecular weight is 297 g/mol. The predicted octanol–water partition coefficient (Wildman–Crippen LogP) is 1.10. The molecule has 3 fully saturated rings. The lowest BCUT2D eigenvalue weighted by Gasteiger charge is -2.32. The molecular weight excluding hydrogens is 270 g/mol. The van der Waals surface area contributed by atoms with Crippen LogP contribution in [0.15, 0.2) is 4.99 Å². The summed E-state index contributed by atoms with van der Waals surface area (Å²) in [5.74, 6) is 0.277. The van der Waals surface area contributed by atoms with Crippen LogP contribution in [0, 0.1) is 0 Å². The van der Waals surface area contributed by atoms with E-state index in [9.17, 15) is 0 Å². The molecule has 3 aliphatic rings. The fourth-order valence-electron chi connectivity index (χ4n) is 3.38. The molecule has 6 nitrogen and oxygen atoms in total. The molecule has 2 heterocycles. The van der Waals surface area contributed by atoms with Gasteiger partial charge in [0.1, 0.15) is 6.10 Å². The van der Waals surface area contributed by atoms with Crippen LogP contribution in [0.4, 0.5) is 0 Å². The van der Waals surface area contributed by atoms with Crippen LogP contribution in [0.3, 0.4) is 0 Å². The van der Waals surface area contributed by atoms with Crippen LogP contribution in [0.25, 0.3) is 0 Å². The standard InChI is InChI=1S/C15H27N3O3/c1-12-10-18(7-8-19-12)14(16)17-9-13-11-20-15(21-13)5-3-2-4-6-15/h12-13H,2-11H2,1H3,(H2,16,17). The third-order valence-electron chi connectivity index (χ3n) is 4.55. The van der Waals surface area contributed by atoms with Crippen molar-refractivity contribution < 1.29 is 14.2 Å². The molecule has 0 amide bonds. The van der Waals surface area contributed by atoms with Gasteiger partial charge in [-0.2, -0.15) is 0 Å². The van der Waals surface area contributed by atoms with Crippen molar-refractivity contribution in [2.24, 2.45) is 10.7 Å². The van der Waals surface area contributed by atoms with Crippen LogP contribution in [0.5, 0.6) is 0 Å². The van der Waals surface area contributed by atoms with E-state index in [1.165, 1.54) is 19.3 Å². The maximum Gasteiger partial charge on any atom is 0.191 e. The topological polar surface area (TPSA) is 69.3 Å². The lowest BCUT2D eigenvalue weighted by atomic mass is 9.94. The van der Waals surface area contributed by atoms with Gasteiger partial charge in [-0.15, -0.1) is 0 Å². The summed E-state index contributed by atoms with van der Waals surface area (Å²) in [6.07, 6.45) is 5.98. The van der Waals surface area contributed by atoms with Crippen molar-refractivity contribution in [3.63, 3.8) is 0 Å². The van der Waals surface area contributed by atoms with Crippen molar-refractivity contribution in [3.05, 3.63) is 0 Å². The zero-order valence-corrected chi connectivity index (χ0v) is 12.9. The number of nitrogens with two attached hydrogens (primary N) is 1. The van der Waals surface area contributed by atoms with E-state index in [2.05, 4.69) is 16.8 Å². The van der Waals surface area contributed by atoms with Crippen molar-refractivity contribution >= 4 is 5.96 Å². The van der Waals surface area contributed by atoms with Gasteiger partial charge in [0.25, 0.3) is 0 Å². The van der Waals surface area contributed by atoms with E-state index < -0.39 is 0 Å². The Balaban J connectivity index is 1.49. The lowest BCUT2D eigenvalue weighted by molar-refractivity contribution is -0.186. The highest BCUT2D eigenvalue weighted by Gasteiger charge is 2.42. The highest BCUT2D eigenvalue weighted by Crippen LogP contribution is 2.37. The second-order valence-corrected chi connectivity index (χ2v) is 6.35. The molecule has 6 heteroatoms. The summed E-state index contributed by atoms with van der Waals surface area (Å²) in [5, 5.41) is 0. The SMILES string of the molecule is CC1CN(C(N)=NCC2COC3(CCCCC3)O2)CCO1. The van der Waals surface area contributed by atoms with Crippen LogP contribution < -0.4 is 5.73 Å². The zero-order chi connectivity index (χ0) is 14.7. The van der Waals surface area contributed by atoms with Crippen molar-refractivity contribution in [3.8, 4) is 0 Å². The van der Waals surface area contributed by atoms with Crippen LogP contribution in [0.1, 0.15) is 39.0 Å². The Bertz CT molecular complexity index is 382. The maximum absolute atomic E-state index is 6.12. The molecule has 2 aliphatic heterocycles. The monoisotopic (exact) mass is 297 g/mol. The van der Waals surface area contributed by atoms with E-state index in [1.807, 2.05) is 0 Å². The molecule has 2 N–H and O–H groups in total. The molecule has 21 heavy (non-hydrogen) atoms. The van der Waals surface area contributed by atoms with Crippen LogP contribution in [-0.4, -0.2) is 61.7 Å². The fraction of sp³-hybridized carbons (Fsp3) is 0.933. The van der Waals surface area contributed by atoms with Gasteiger partial charge in [-0.1, -0.05) is 6.42 Å². The molecule has 0 aromatic rings. The summed E-state index contributed by atoms with van der Waals surface area (Å²) in [5.41, 5.74) is 6.08. The van der Waals surface area contributed by atoms with Gasteiger partial charge in [0.2, 0.25) is 0 Å². The molecule has 2 saturated heterocycles. The van der Waals surface area contributed by atoms with E-state index in [0.717, 1.165) is 25.9 Å². The average Bonchev–Trinajstić information content (AvgIpc) is 2.88. The van der Waals surface area contributed by atoms with Gasteiger partial charge < -0.3 is 24.8 Å². The molecule has 120 valence electrons. The van der Waals surface area contributed by atoms with E-state index in [0.29, 0.717) is 25.7 Å². The van der Waals surface area contributed by atoms with E-state index in [1.54, 1.807) is 0 Å². The first-order chi connectivity index (χ1) is 10.2. The van der Waals surface area contributed by atoms with Gasteiger partial charge in [-0.25, -0.2) is 0 Å². The highest BCUT2D eigenvalue weighted by atomic mass is 16.7. The number of morpholine rings is 1. The van der Waals surface area contributed by atoms with Crippen LogP contribution in [-0.2, 0) is 14.2 Å². The number of guanidine groups is 1. The van der Waals surface area contributed by atoms with Crippen molar-refractivity contribution in [2.75, 3.05) is 32.8 Å². The van der Waals surface area contributed by atoms with Gasteiger partial charge in [0.05, 0.1) is 25.9 Å². The Labute approximate surface area is 126 Å². The summed E-state index contributed by atoms with van der Waals surface area (Å²) in [6.45, 7) is 5.60. The smallest absolute Gasteiger partial charge is 0.191 e. The van der Waals surface area contributed by atoms with Gasteiger partial charge in [-0.05, 0) is 19.8 Å². The molecule has 3 rings (SSSR count). The van der Waals surface area contributed by atoms with E-state index in [4.69, 9.17) is 19.9 Å². The third-order valence-corrected chi connectivity index (χ3v) is 4.55. The summed E-state index contributed by atoms with van der Waals surface area (Å²) in [6, 6.07) is 0. The first kappa shape index (κ1) is 15.1. The molecule has 2 atom stereocenters. The number of ether oxygens (including phenoxy) is 3. The minimum absolute atomic E-state index is 0.0418. The normalized spacial score (nSPS) is 33.6. The summed E-state index contributed by atoms with van der Waals surface area (Å²) >= 11 is 0. The number of rotatable bonds is 2. The minimum Gasteiger partial charge on any atom is -0.375 e. The van der Waals surface area contributed by atoms with Gasteiger partial charge >= 0.3 is 0 Å². The molecule has 0 radical (unpaired) electrons. The fourth-order valence-corrected chi connectivity index (χ4v) is 3.38. The third kappa shape index (κ3) is 3.67. The second-order valence-electron chi connectivity index (χ2n) is 6.35. The molecule has 1 saturated carbocycles. The molecule has 1 aliphatic carbocycles. The molecule has 0 aromatic carbocycles. The summed E-state index contributed by atoms with van der Waals surface area (Å²) in [4.78, 5) is 6.59. The van der Waals surface area contributed by atoms with Gasteiger partial charge in [-0.3, -0.25) is 4.99 Å². The Hall–Kier alpha value is -0.850. The largest absolute Gasteiger partial charge is 0.375 e. The van der Waals surface area contributed by atoms with Crippen molar-refractivity contribution in [1.29, 1.82) is 0 Å². The molecule has 0 aromatic heterocycles. The van der Waals surface area contributed by atoms with Crippen LogP contribution >= 0.6 is 0 Å². The molecular formula is C15H27N3O3. The predicted molar refractivity (Wildman–Crippen MR) is 80.1 cm³/mol. The number of hydrogen-bond donors (Lipinski definition) is 1. The number of aliphatic imine (C=N–C) groups is 1. The Morgan fingerprint density at radius 1 is 1.33 bits per heavy atom. The maximum atomic E-state index is 6.12. The Morgan fingerprint density at radius 3 is 2.90 bits per heavy atom. The van der Waals surface area contributed by atoms with Crippen molar-refractivity contribution in [1.82, 2.24) is 4.90 Å². The van der Waals surface area contributed by atoms with E-state index in [-0.39, 0.29) is 18.0 Å². The molecule has 2 unspecified atom stereocenters. The van der Waals surface area contributed by atoms with E-state index >= 15 is 0 Å². The first-order valence-electron chi connectivity index (χ1n) is 8.15. The zero-order valence-electron chi connectivity index (χ0n) is 12.9. The lowest BCUT2D eigenvalue weighted by Crippen LogP contribution is -2.48. The van der Waals surface area contributed by atoms with Gasteiger partial charge in [0, 0.05) is 25.9 Å². The van der Waals surface area contributed by atoms with Crippen LogP contribution in [0.2, 0.25) is 0 Å². The number of hydrogen-bond acceptors (Lipinski definition) is 4. The van der Waals surface area contributed by atoms with Crippen molar-refractivity contribution in [2.45, 2.75) is 57.0 Å². The molecule has 0 bridgehead atoms. The first-order valence-corrected chi connectivity index (χ1v) is 8.15. The number of nitrogens with zero attached hydrogens (tertiary/aromatic N) is 2. The Morgan fingerprint density at radius 2 is 2.14 bits per heavy atom. The Kier molecular flexibility index (Phi) is 4.66. The molecule has 1 spiro atoms. The summed E-state index contributed by atoms with van der Waals surface area (Å²) < 4.78 is 17.6. The second kappa shape index (κ2) is 6.50. The quantitative estimate of drug-likeness (QED) is 0.610. The minimum atomic E-state index is -0.319. The van der Waals surface area contributed by atoms with Gasteiger partial charge in [0.15, 0.2) is 11.7 Å². The highest BCUT2D eigenvalue weighted by molar-refractivity contribution is 5.78.